The van der Waals surface area contributed by atoms with Gasteiger partial charge in [0.25, 0.3) is 0 Å². The quantitative estimate of drug-likeness (QED) is 0.175. The van der Waals surface area contributed by atoms with Gasteiger partial charge in [-0.2, -0.15) is 0 Å². The van der Waals surface area contributed by atoms with Gasteiger partial charge in [0.05, 0.1) is 23.1 Å². The predicted octanol–water partition coefficient (Wildman–Crippen LogP) is 14.9. The van der Waals surface area contributed by atoms with Crippen molar-refractivity contribution in [1.82, 2.24) is 0 Å². The van der Waals surface area contributed by atoms with Gasteiger partial charge in [-0.1, -0.05) is 146 Å². The Kier molecular flexibility index (Phi) is 7.14. The molecule has 0 bridgehead atoms. The van der Waals surface area contributed by atoms with Crippen LogP contribution in [0, 0.1) is 0 Å². The highest BCUT2D eigenvalue weighted by Crippen LogP contribution is 2.64. The number of fused-ring (bicyclic) bond motifs is 11. The normalized spacial score (nSPS) is 13.3. The summed E-state index contributed by atoms with van der Waals surface area (Å²) in [5.74, 6) is 0. The maximum atomic E-state index is 5.95. The van der Waals surface area contributed by atoms with E-state index in [4.69, 9.17) is 4.42 Å². The maximum Gasteiger partial charge on any atom is 0.134 e. The lowest BCUT2D eigenvalue weighted by atomic mass is 9.64. The second-order valence-corrected chi connectivity index (χ2v) is 15.3. The number of rotatable bonds is 5. The Labute approximate surface area is 337 Å². The monoisotopic (exact) mass is 740 g/mol. The highest BCUT2D eigenvalue weighted by molar-refractivity contribution is 5.98. The fourth-order valence-electron chi connectivity index (χ4n) is 9.84. The Hall–Kier alpha value is -7.62. The molecule has 272 valence electrons. The zero-order valence-corrected chi connectivity index (χ0v) is 31.6. The molecule has 0 saturated heterocycles. The van der Waals surface area contributed by atoms with Crippen molar-refractivity contribution in [2.45, 2.75) is 5.41 Å². The number of benzene rings is 9. The minimum absolute atomic E-state index is 0.554. The molecule has 58 heavy (non-hydrogen) atoms. The standard InChI is InChI=1S/C55H36N2O/c1-2-16-40(17-3-1)57-52-23-11-9-21-49(52)55(50-22-10-12-24-53(50)57)48-20-8-6-18-44(48)45-33-32-43(35-51(45)55)56(42-31-26-37-14-4-5-15-39(37)34-42)41-29-27-38(28-30-41)47-36-58-54-25-13-7-19-46(47)54/h1-36H. The summed E-state index contributed by atoms with van der Waals surface area (Å²) < 4.78 is 5.95. The lowest BCUT2D eigenvalue weighted by Crippen LogP contribution is -2.36. The van der Waals surface area contributed by atoms with Crippen LogP contribution < -0.4 is 9.80 Å². The molecule has 0 atom stereocenters. The van der Waals surface area contributed by atoms with Crippen LogP contribution in [0.4, 0.5) is 34.1 Å². The van der Waals surface area contributed by atoms with Gasteiger partial charge >= 0.3 is 0 Å². The first-order valence-corrected chi connectivity index (χ1v) is 19.9. The van der Waals surface area contributed by atoms with Crippen LogP contribution in [0.5, 0.6) is 0 Å². The first kappa shape index (κ1) is 32.6. The molecule has 0 unspecified atom stereocenters. The fraction of sp³-hybridized carbons (Fsp3) is 0.0182. The Morgan fingerprint density at radius 3 is 1.78 bits per heavy atom. The molecule has 1 aromatic heterocycles. The van der Waals surface area contributed by atoms with E-state index in [1.807, 2.05) is 18.4 Å². The van der Waals surface area contributed by atoms with Crippen molar-refractivity contribution in [2.24, 2.45) is 0 Å². The van der Waals surface area contributed by atoms with E-state index in [1.54, 1.807) is 0 Å². The van der Waals surface area contributed by atoms with E-state index in [0.717, 1.165) is 44.8 Å². The average Bonchev–Trinajstić information content (AvgIpc) is 3.85. The third-order valence-corrected chi connectivity index (χ3v) is 12.3. The van der Waals surface area contributed by atoms with Crippen LogP contribution in [0.3, 0.4) is 0 Å². The summed E-state index contributed by atoms with van der Waals surface area (Å²) in [4.78, 5) is 4.85. The minimum atomic E-state index is -0.554. The molecule has 12 rings (SSSR count). The summed E-state index contributed by atoms with van der Waals surface area (Å²) >= 11 is 0. The number of anilines is 6. The number of furan rings is 1. The second kappa shape index (κ2) is 12.7. The highest BCUT2D eigenvalue weighted by atomic mass is 16.3. The highest BCUT2D eigenvalue weighted by Gasteiger charge is 2.51. The Bertz CT molecular complexity index is 3150. The molecule has 9 aromatic carbocycles. The molecule has 2 heterocycles. The Morgan fingerprint density at radius 2 is 0.983 bits per heavy atom. The van der Waals surface area contributed by atoms with Crippen molar-refractivity contribution in [3.05, 3.63) is 241 Å². The lowest BCUT2D eigenvalue weighted by Gasteiger charge is -2.45. The minimum Gasteiger partial charge on any atom is -0.464 e. The number of hydrogen-bond donors (Lipinski definition) is 0. The van der Waals surface area contributed by atoms with Crippen molar-refractivity contribution >= 4 is 55.9 Å². The Morgan fingerprint density at radius 1 is 0.397 bits per heavy atom. The van der Waals surface area contributed by atoms with Crippen molar-refractivity contribution in [2.75, 3.05) is 9.80 Å². The van der Waals surface area contributed by atoms with Gasteiger partial charge in [-0.3, -0.25) is 0 Å². The lowest BCUT2D eigenvalue weighted by molar-refractivity contribution is 0.617. The summed E-state index contributed by atoms with van der Waals surface area (Å²) in [5, 5.41) is 3.53. The second-order valence-electron chi connectivity index (χ2n) is 15.3. The zero-order valence-electron chi connectivity index (χ0n) is 31.6. The van der Waals surface area contributed by atoms with Crippen LogP contribution in [-0.2, 0) is 5.41 Å². The molecule has 0 saturated carbocycles. The maximum absolute atomic E-state index is 5.95. The van der Waals surface area contributed by atoms with Gasteiger partial charge < -0.3 is 14.2 Å². The van der Waals surface area contributed by atoms with Gasteiger partial charge in [0, 0.05) is 33.7 Å². The molecule has 0 amide bonds. The summed E-state index contributed by atoms with van der Waals surface area (Å²) in [5.41, 5.74) is 17.0. The van der Waals surface area contributed by atoms with E-state index >= 15 is 0 Å². The van der Waals surface area contributed by atoms with E-state index in [1.165, 1.54) is 55.5 Å². The molecular weight excluding hydrogens is 705 g/mol. The molecular formula is C55H36N2O. The molecule has 3 heteroatoms. The molecule has 1 aliphatic heterocycles. The van der Waals surface area contributed by atoms with Gasteiger partial charge in [0.2, 0.25) is 0 Å². The molecule has 3 nitrogen and oxygen atoms in total. The van der Waals surface area contributed by atoms with E-state index < -0.39 is 5.41 Å². The molecule has 0 radical (unpaired) electrons. The van der Waals surface area contributed by atoms with Gasteiger partial charge in [0.15, 0.2) is 0 Å². The molecule has 1 spiro atoms. The molecule has 0 N–H and O–H groups in total. The number of para-hydroxylation sites is 4. The smallest absolute Gasteiger partial charge is 0.134 e. The predicted molar refractivity (Wildman–Crippen MR) is 239 cm³/mol. The summed E-state index contributed by atoms with van der Waals surface area (Å²) in [6.45, 7) is 0. The van der Waals surface area contributed by atoms with Crippen LogP contribution in [0.2, 0.25) is 0 Å². The van der Waals surface area contributed by atoms with Gasteiger partial charge in [0.1, 0.15) is 5.58 Å². The van der Waals surface area contributed by atoms with Crippen LogP contribution >= 0.6 is 0 Å². The fourth-order valence-corrected chi connectivity index (χ4v) is 9.84. The van der Waals surface area contributed by atoms with E-state index in [2.05, 4.69) is 210 Å². The first-order valence-electron chi connectivity index (χ1n) is 19.9. The van der Waals surface area contributed by atoms with Crippen molar-refractivity contribution in [3.8, 4) is 22.3 Å². The number of nitrogens with zero attached hydrogens (tertiary/aromatic N) is 2. The molecule has 1 aliphatic carbocycles. The molecule has 0 fully saturated rings. The van der Waals surface area contributed by atoms with Crippen LogP contribution in [0.1, 0.15) is 22.3 Å². The third kappa shape index (κ3) is 4.68. The van der Waals surface area contributed by atoms with Crippen LogP contribution in [0.15, 0.2) is 223 Å². The van der Waals surface area contributed by atoms with Crippen LogP contribution in [0.25, 0.3) is 44.0 Å². The van der Waals surface area contributed by atoms with Gasteiger partial charge in [-0.05, 0) is 116 Å². The summed E-state index contributed by atoms with van der Waals surface area (Å²) in [6, 6.07) is 77.5. The zero-order chi connectivity index (χ0) is 38.2. The van der Waals surface area contributed by atoms with Crippen molar-refractivity contribution in [3.63, 3.8) is 0 Å². The third-order valence-electron chi connectivity index (χ3n) is 12.3. The van der Waals surface area contributed by atoms with Crippen molar-refractivity contribution in [1.29, 1.82) is 0 Å². The Balaban J connectivity index is 1.10. The largest absolute Gasteiger partial charge is 0.464 e. The average molecular weight is 741 g/mol. The van der Waals surface area contributed by atoms with Gasteiger partial charge in [-0.25, -0.2) is 0 Å². The summed E-state index contributed by atoms with van der Waals surface area (Å²) in [6.07, 6.45) is 1.87. The SMILES string of the molecule is c1ccc(N2c3ccccc3C3(c4ccccc4-c4ccc(N(c5ccc(-c6coc7ccccc67)cc5)c5ccc6ccccc6c5)cc43)c3ccccc32)cc1. The summed E-state index contributed by atoms with van der Waals surface area (Å²) in [7, 11) is 0. The van der Waals surface area contributed by atoms with Gasteiger partial charge in [-0.15, -0.1) is 0 Å². The first-order chi connectivity index (χ1) is 28.8. The van der Waals surface area contributed by atoms with Crippen LogP contribution in [-0.4, -0.2) is 0 Å². The molecule has 10 aromatic rings. The van der Waals surface area contributed by atoms with Crippen molar-refractivity contribution < 1.29 is 4.42 Å². The molecule has 2 aliphatic rings. The number of hydrogen-bond acceptors (Lipinski definition) is 3. The van der Waals surface area contributed by atoms with E-state index in [0.29, 0.717) is 0 Å². The topological polar surface area (TPSA) is 19.6 Å². The van der Waals surface area contributed by atoms with E-state index in [-0.39, 0.29) is 0 Å². The van der Waals surface area contributed by atoms with E-state index in [9.17, 15) is 0 Å².